The maximum absolute atomic E-state index is 12.1. The van der Waals surface area contributed by atoms with E-state index in [1.165, 1.54) is 13.2 Å². The van der Waals surface area contributed by atoms with Crippen molar-refractivity contribution < 1.29 is 17.9 Å². The fraction of sp³-hybridized carbons (Fsp3) is 0.438. The highest BCUT2D eigenvalue weighted by Crippen LogP contribution is 2.10. The lowest BCUT2D eigenvalue weighted by atomic mass is 10.1. The number of ether oxygens (including phenoxy) is 1. The van der Waals surface area contributed by atoms with Crippen LogP contribution in [0.3, 0.4) is 0 Å². The second kappa shape index (κ2) is 8.10. The molecule has 122 valence electrons. The van der Waals surface area contributed by atoms with E-state index in [9.17, 15) is 13.2 Å². The Labute approximate surface area is 132 Å². The molecule has 22 heavy (non-hydrogen) atoms. The van der Waals surface area contributed by atoms with E-state index in [1.807, 2.05) is 45.0 Å². The summed E-state index contributed by atoms with van der Waals surface area (Å²) in [7, 11) is -2.48. The van der Waals surface area contributed by atoms with Gasteiger partial charge in [0.25, 0.3) is 0 Å². The maximum atomic E-state index is 12.1. The number of hydrogen-bond acceptors (Lipinski definition) is 4. The summed E-state index contributed by atoms with van der Waals surface area (Å²) < 4.78 is 31.2. The van der Waals surface area contributed by atoms with Gasteiger partial charge in [0, 0.05) is 5.41 Å². The van der Waals surface area contributed by atoms with E-state index in [0.717, 1.165) is 16.5 Å². The molecule has 0 radical (unpaired) electrons. The summed E-state index contributed by atoms with van der Waals surface area (Å²) in [4.78, 5) is 11.7. The van der Waals surface area contributed by atoms with E-state index in [0.29, 0.717) is 6.42 Å². The Balaban J connectivity index is 2.83. The average Bonchev–Trinajstić information content (AvgIpc) is 2.44. The molecule has 1 N–H and O–H groups in total. The van der Waals surface area contributed by atoms with Crippen LogP contribution in [0.2, 0.25) is 0 Å². The van der Waals surface area contributed by atoms with E-state index < -0.39 is 22.0 Å². The first-order valence-corrected chi connectivity index (χ1v) is 8.63. The molecule has 0 aromatic heterocycles. The number of rotatable bonds is 7. The number of carbonyl (C=O) groups excluding carboxylic acids is 1. The Morgan fingerprint density at radius 3 is 2.36 bits per heavy atom. The zero-order valence-corrected chi connectivity index (χ0v) is 14.2. The lowest BCUT2D eigenvalue weighted by Gasteiger charge is -2.17. The molecule has 0 saturated carbocycles. The summed E-state index contributed by atoms with van der Waals surface area (Å²) in [5.74, 6) is -0.422. The lowest BCUT2D eigenvalue weighted by Crippen LogP contribution is -2.41. The van der Waals surface area contributed by atoms with E-state index in [4.69, 9.17) is 0 Å². The van der Waals surface area contributed by atoms with Crippen molar-refractivity contribution >= 4 is 22.1 Å². The molecule has 0 aliphatic heterocycles. The van der Waals surface area contributed by atoms with E-state index >= 15 is 0 Å². The number of sulfonamides is 1. The predicted molar refractivity (Wildman–Crippen MR) is 87.5 cm³/mol. The number of benzene rings is 1. The van der Waals surface area contributed by atoms with E-state index in [-0.39, 0.29) is 5.92 Å². The number of esters is 1. The topological polar surface area (TPSA) is 72.5 Å². The molecule has 1 rings (SSSR count). The van der Waals surface area contributed by atoms with Crippen molar-refractivity contribution in [3.8, 4) is 0 Å². The summed E-state index contributed by atoms with van der Waals surface area (Å²) in [5, 5.41) is 1.06. The third-order valence-corrected chi connectivity index (χ3v) is 4.12. The van der Waals surface area contributed by atoms with Crippen molar-refractivity contribution in [3.05, 3.63) is 40.8 Å². The molecule has 5 nitrogen and oxygen atoms in total. The monoisotopic (exact) mass is 325 g/mol. The highest BCUT2D eigenvalue weighted by Gasteiger charge is 2.24. The molecular formula is C16H23NO4S. The summed E-state index contributed by atoms with van der Waals surface area (Å²) in [6, 6.07) is 6.57. The van der Waals surface area contributed by atoms with Gasteiger partial charge in [0.15, 0.2) is 0 Å². The minimum absolute atomic E-state index is 0.160. The third kappa shape index (κ3) is 6.41. The molecule has 0 fully saturated rings. The summed E-state index contributed by atoms with van der Waals surface area (Å²) in [6.07, 6.45) is 1.87. The standard InChI is InChI=1S/C16H23NO4S/c1-12(2)11-15(16(18)21-4)17-22(19,20)10-9-14-7-5-13(3)6-8-14/h5-10,12,15,17H,11H2,1-4H3. The van der Waals surface area contributed by atoms with Crippen LogP contribution in [0.5, 0.6) is 0 Å². The molecule has 0 amide bonds. The van der Waals surface area contributed by atoms with Gasteiger partial charge in [-0.25, -0.2) is 8.42 Å². The quantitative estimate of drug-likeness (QED) is 0.782. The Morgan fingerprint density at radius 1 is 1.27 bits per heavy atom. The van der Waals surface area contributed by atoms with Crippen LogP contribution in [0.15, 0.2) is 29.7 Å². The first kappa shape index (κ1) is 18.4. The fourth-order valence-corrected chi connectivity index (χ4v) is 2.89. The molecule has 0 spiro atoms. The summed E-state index contributed by atoms with van der Waals surface area (Å²) >= 11 is 0. The van der Waals surface area contributed by atoms with Gasteiger partial charge in [-0.05, 0) is 30.9 Å². The van der Waals surface area contributed by atoms with Gasteiger partial charge in [0.2, 0.25) is 10.0 Å². The normalized spacial score (nSPS) is 13.5. The smallest absolute Gasteiger partial charge is 0.323 e. The first-order chi connectivity index (χ1) is 10.2. The highest BCUT2D eigenvalue weighted by molar-refractivity contribution is 7.92. The number of methoxy groups -OCH3 is 1. The van der Waals surface area contributed by atoms with Gasteiger partial charge >= 0.3 is 5.97 Å². The SMILES string of the molecule is COC(=O)C(CC(C)C)NS(=O)(=O)C=Cc1ccc(C)cc1. The molecule has 1 aromatic carbocycles. The molecule has 1 atom stereocenters. The van der Waals surface area contributed by atoms with Crippen LogP contribution in [-0.2, 0) is 19.6 Å². The van der Waals surface area contributed by atoms with Crippen LogP contribution in [0.1, 0.15) is 31.4 Å². The Hall–Kier alpha value is -1.66. The van der Waals surface area contributed by atoms with Crippen LogP contribution in [0.4, 0.5) is 0 Å². The minimum Gasteiger partial charge on any atom is -0.468 e. The molecule has 0 bridgehead atoms. The zero-order chi connectivity index (χ0) is 16.8. The maximum Gasteiger partial charge on any atom is 0.323 e. The van der Waals surface area contributed by atoms with Crippen LogP contribution < -0.4 is 4.72 Å². The highest BCUT2D eigenvalue weighted by atomic mass is 32.2. The largest absolute Gasteiger partial charge is 0.468 e. The molecule has 1 unspecified atom stereocenters. The molecule has 0 aliphatic rings. The van der Waals surface area contributed by atoms with Crippen molar-refractivity contribution in [2.24, 2.45) is 5.92 Å². The number of carbonyl (C=O) groups is 1. The van der Waals surface area contributed by atoms with Crippen LogP contribution in [0, 0.1) is 12.8 Å². The average molecular weight is 325 g/mol. The molecular weight excluding hydrogens is 302 g/mol. The van der Waals surface area contributed by atoms with Crippen LogP contribution in [0.25, 0.3) is 6.08 Å². The Morgan fingerprint density at radius 2 is 1.86 bits per heavy atom. The number of nitrogens with one attached hydrogen (secondary N) is 1. The Kier molecular flexibility index (Phi) is 6.77. The zero-order valence-electron chi connectivity index (χ0n) is 13.4. The van der Waals surface area contributed by atoms with Gasteiger partial charge in [-0.3, -0.25) is 4.79 Å². The minimum atomic E-state index is -3.72. The molecule has 0 saturated heterocycles. The molecule has 1 aromatic rings. The lowest BCUT2D eigenvalue weighted by molar-refractivity contribution is -0.143. The van der Waals surface area contributed by atoms with Gasteiger partial charge in [-0.1, -0.05) is 43.7 Å². The van der Waals surface area contributed by atoms with Gasteiger partial charge in [-0.2, -0.15) is 4.72 Å². The third-order valence-electron chi connectivity index (χ3n) is 3.02. The van der Waals surface area contributed by atoms with Crippen molar-refractivity contribution in [1.82, 2.24) is 4.72 Å². The van der Waals surface area contributed by atoms with Crippen molar-refractivity contribution in [1.29, 1.82) is 0 Å². The van der Waals surface area contributed by atoms with Crippen molar-refractivity contribution in [2.75, 3.05) is 7.11 Å². The second-order valence-corrected chi connectivity index (χ2v) is 7.18. The van der Waals surface area contributed by atoms with E-state index in [1.54, 1.807) is 0 Å². The van der Waals surface area contributed by atoms with Gasteiger partial charge in [0.05, 0.1) is 7.11 Å². The number of hydrogen-bond donors (Lipinski definition) is 1. The second-order valence-electron chi connectivity index (χ2n) is 5.58. The van der Waals surface area contributed by atoms with Crippen LogP contribution in [-0.4, -0.2) is 27.5 Å². The predicted octanol–water partition coefficient (Wildman–Crippen LogP) is 2.47. The van der Waals surface area contributed by atoms with E-state index in [2.05, 4.69) is 9.46 Å². The molecule has 0 heterocycles. The van der Waals surface area contributed by atoms with Gasteiger partial charge in [0.1, 0.15) is 6.04 Å². The summed E-state index contributed by atoms with van der Waals surface area (Å²) in [5.41, 5.74) is 1.87. The van der Waals surface area contributed by atoms with Gasteiger partial charge < -0.3 is 4.74 Å². The first-order valence-electron chi connectivity index (χ1n) is 7.08. The van der Waals surface area contributed by atoms with Crippen molar-refractivity contribution in [3.63, 3.8) is 0 Å². The van der Waals surface area contributed by atoms with Crippen LogP contribution >= 0.6 is 0 Å². The van der Waals surface area contributed by atoms with Gasteiger partial charge in [-0.15, -0.1) is 0 Å². The number of aryl methyl sites for hydroxylation is 1. The summed E-state index contributed by atoms with van der Waals surface area (Å²) in [6.45, 7) is 5.78. The van der Waals surface area contributed by atoms with Crippen molar-refractivity contribution in [2.45, 2.75) is 33.2 Å². The molecule has 6 heteroatoms. The fourth-order valence-electron chi connectivity index (χ4n) is 1.89. The molecule has 0 aliphatic carbocycles. The Bertz CT molecular complexity index is 618.